The average molecular weight is 233 g/mol. The van der Waals surface area contributed by atoms with E-state index in [1.807, 2.05) is 0 Å². The van der Waals surface area contributed by atoms with Gasteiger partial charge >= 0.3 is 12.1 Å². The second kappa shape index (κ2) is 5.47. The smallest absolute Gasteiger partial charge is 0.410 e. The molecule has 0 aliphatic carbocycles. The van der Waals surface area contributed by atoms with Gasteiger partial charge < -0.3 is 25.0 Å². The zero-order valence-electron chi connectivity index (χ0n) is 9.43. The Labute approximate surface area is 94.4 Å². The van der Waals surface area contributed by atoms with Crippen LogP contribution in [0.5, 0.6) is 0 Å². The Kier molecular flexibility index (Phi) is 4.52. The second-order valence-electron chi connectivity index (χ2n) is 4.22. The van der Waals surface area contributed by atoms with Crippen molar-refractivity contribution in [2.45, 2.75) is 32.2 Å². The maximum atomic E-state index is 11.4. The quantitative estimate of drug-likeness (QED) is 0.589. The van der Waals surface area contributed by atoms with Crippen molar-refractivity contribution in [2.24, 2.45) is 5.92 Å². The van der Waals surface area contributed by atoms with Gasteiger partial charge in [0.2, 0.25) is 0 Å². The Bertz CT molecular complexity index is 238. The molecule has 1 saturated heterocycles. The summed E-state index contributed by atoms with van der Waals surface area (Å²) in [6.07, 6.45) is 2.50. The molecule has 1 heterocycles. The van der Waals surface area contributed by atoms with Gasteiger partial charge in [-0.2, -0.15) is 0 Å². The lowest BCUT2D eigenvalue weighted by Crippen LogP contribution is -2.38. The first kappa shape index (κ1) is 13.2. The van der Waals surface area contributed by atoms with Crippen molar-refractivity contribution in [1.82, 2.24) is 4.90 Å². The minimum atomic E-state index is -2.95. The Balaban J connectivity index is 2.28. The lowest BCUT2D eigenvalue weighted by molar-refractivity contribution is -0.325. The third kappa shape index (κ3) is 4.34. The largest absolute Gasteiger partial charge is 0.441 e. The molecule has 1 amide bonds. The molecule has 6 heteroatoms. The number of likely N-dealkylation sites (tertiary alicyclic amines) is 1. The molecule has 16 heavy (non-hydrogen) atoms. The molecule has 0 aromatic heterocycles. The Morgan fingerprint density at radius 1 is 1.50 bits per heavy atom. The fraction of sp³-hybridized carbons (Fsp3) is 0.900. The lowest BCUT2D eigenvalue weighted by Gasteiger charge is -2.19. The highest BCUT2D eigenvalue weighted by Crippen LogP contribution is 2.21. The summed E-state index contributed by atoms with van der Waals surface area (Å²) in [4.78, 5) is 12.9. The molecule has 0 aromatic carbocycles. The van der Waals surface area contributed by atoms with Gasteiger partial charge in [-0.05, 0) is 18.8 Å². The molecule has 0 aromatic rings. The highest BCUT2D eigenvalue weighted by molar-refractivity contribution is 5.67. The standard InChI is InChI=1S/C10H19NO5/c1-2-3-8-4-5-11(6-8)9(12)16-7-10(13,14)15/h8,13-15H,2-7H2,1H3. The van der Waals surface area contributed by atoms with Crippen LogP contribution >= 0.6 is 0 Å². The monoisotopic (exact) mass is 233 g/mol. The van der Waals surface area contributed by atoms with E-state index in [1.165, 1.54) is 4.90 Å². The van der Waals surface area contributed by atoms with E-state index in [-0.39, 0.29) is 0 Å². The number of nitrogens with zero attached hydrogens (tertiary/aromatic N) is 1. The van der Waals surface area contributed by atoms with E-state index in [4.69, 9.17) is 15.3 Å². The summed E-state index contributed by atoms with van der Waals surface area (Å²) >= 11 is 0. The summed E-state index contributed by atoms with van der Waals surface area (Å²) in [6.45, 7) is 2.53. The normalized spacial score (nSPS) is 21.2. The maximum absolute atomic E-state index is 11.4. The number of hydrogen-bond acceptors (Lipinski definition) is 5. The highest BCUT2D eigenvalue weighted by Gasteiger charge is 2.28. The number of carbonyl (C=O) groups is 1. The molecule has 0 saturated carbocycles. The van der Waals surface area contributed by atoms with Gasteiger partial charge in [-0.15, -0.1) is 0 Å². The zero-order valence-corrected chi connectivity index (χ0v) is 9.43. The topological polar surface area (TPSA) is 90.2 Å². The fourth-order valence-electron chi connectivity index (χ4n) is 1.89. The van der Waals surface area contributed by atoms with E-state index in [0.29, 0.717) is 19.0 Å². The molecule has 0 spiro atoms. The second-order valence-corrected chi connectivity index (χ2v) is 4.22. The van der Waals surface area contributed by atoms with Gasteiger partial charge in [-0.3, -0.25) is 0 Å². The molecule has 0 bridgehead atoms. The summed E-state index contributed by atoms with van der Waals surface area (Å²) in [5.74, 6) is -2.45. The number of carbonyl (C=O) groups excluding carboxylic acids is 1. The van der Waals surface area contributed by atoms with Crippen LogP contribution in [0, 0.1) is 5.92 Å². The summed E-state index contributed by atoms with van der Waals surface area (Å²) in [7, 11) is 0. The van der Waals surface area contributed by atoms with Crippen molar-refractivity contribution in [1.29, 1.82) is 0 Å². The van der Waals surface area contributed by atoms with E-state index < -0.39 is 18.7 Å². The van der Waals surface area contributed by atoms with Crippen LogP contribution in [0.1, 0.15) is 26.2 Å². The molecule has 94 valence electrons. The van der Waals surface area contributed by atoms with Crippen molar-refractivity contribution >= 4 is 6.09 Å². The molecular weight excluding hydrogens is 214 g/mol. The van der Waals surface area contributed by atoms with Gasteiger partial charge in [0.25, 0.3) is 0 Å². The van der Waals surface area contributed by atoms with Crippen molar-refractivity contribution in [3.05, 3.63) is 0 Å². The molecule has 0 radical (unpaired) electrons. The van der Waals surface area contributed by atoms with Gasteiger partial charge in [-0.1, -0.05) is 13.3 Å². The first-order valence-electron chi connectivity index (χ1n) is 5.51. The summed E-state index contributed by atoms with van der Waals surface area (Å²) in [5.41, 5.74) is 0. The van der Waals surface area contributed by atoms with Crippen LogP contribution in [-0.4, -0.2) is 52.0 Å². The molecule has 1 fully saturated rings. The Hall–Kier alpha value is -0.850. The maximum Gasteiger partial charge on any atom is 0.410 e. The highest BCUT2D eigenvalue weighted by atomic mass is 16.7. The predicted molar refractivity (Wildman–Crippen MR) is 55.3 cm³/mol. The van der Waals surface area contributed by atoms with Crippen LogP contribution in [0.4, 0.5) is 4.79 Å². The van der Waals surface area contributed by atoms with E-state index in [2.05, 4.69) is 11.7 Å². The van der Waals surface area contributed by atoms with Crippen molar-refractivity contribution in [3.8, 4) is 0 Å². The number of rotatable bonds is 4. The van der Waals surface area contributed by atoms with E-state index in [1.54, 1.807) is 0 Å². The molecule has 1 rings (SSSR count). The number of hydrogen-bond donors (Lipinski definition) is 3. The van der Waals surface area contributed by atoms with Crippen LogP contribution in [0.2, 0.25) is 0 Å². The van der Waals surface area contributed by atoms with Crippen molar-refractivity contribution in [3.63, 3.8) is 0 Å². The molecule has 1 unspecified atom stereocenters. The summed E-state index contributed by atoms with van der Waals surface area (Å²) in [6, 6.07) is 0. The van der Waals surface area contributed by atoms with Gasteiger partial charge in [-0.25, -0.2) is 4.79 Å². The average Bonchev–Trinajstić information content (AvgIpc) is 2.62. The number of ether oxygens (including phenoxy) is 1. The van der Waals surface area contributed by atoms with Crippen molar-refractivity contribution in [2.75, 3.05) is 19.7 Å². The fourth-order valence-corrected chi connectivity index (χ4v) is 1.89. The van der Waals surface area contributed by atoms with Gasteiger partial charge in [0.15, 0.2) is 6.61 Å². The van der Waals surface area contributed by atoms with Gasteiger partial charge in [0.1, 0.15) is 0 Å². The van der Waals surface area contributed by atoms with Gasteiger partial charge in [0, 0.05) is 13.1 Å². The SMILES string of the molecule is CCCC1CCN(C(=O)OCC(O)(O)O)C1. The van der Waals surface area contributed by atoms with Crippen molar-refractivity contribution < 1.29 is 24.9 Å². The lowest BCUT2D eigenvalue weighted by atomic mass is 10.0. The first-order chi connectivity index (χ1) is 7.42. The minimum absolute atomic E-state index is 0.500. The van der Waals surface area contributed by atoms with E-state index in [0.717, 1.165) is 19.3 Å². The Morgan fingerprint density at radius 2 is 2.19 bits per heavy atom. The summed E-state index contributed by atoms with van der Waals surface area (Å²) < 4.78 is 4.55. The molecule has 1 aliphatic rings. The Morgan fingerprint density at radius 3 is 2.75 bits per heavy atom. The third-order valence-corrected chi connectivity index (χ3v) is 2.63. The molecule has 1 atom stereocenters. The van der Waals surface area contributed by atoms with Crippen LogP contribution in [0.25, 0.3) is 0 Å². The minimum Gasteiger partial charge on any atom is -0.441 e. The van der Waals surface area contributed by atoms with Gasteiger partial charge in [0.05, 0.1) is 0 Å². The molecule has 3 N–H and O–H groups in total. The molecular formula is C10H19NO5. The van der Waals surface area contributed by atoms with E-state index >= 15 is 0 Å². The number of aliphatic hydroxyl groups is 3. The van der Waals surface area contributed by atoms with Crippen LogP contribution in [0.15, 0.2) is 0 Å². The molecule has 1 aliphatic heterocycles. The zero-order chi connectivity index (χ0) is 12.2. The van der Waals surface area contributed by atoms with E-state index in [9.17, 15) is 4.79 Å². The van der Waals surface area contributed by atoms with Crippen LogP contribution in [0.3, 0.4) is 0 Å². The summed E-state index contributed by atoms with van der Waals surface area (Å²) in [5, 5.41) is 25.7. The van der Waals surface area contributed by atoms with Crippen LogP contribution in [-0.2, 0) is 4.74 Å². The third-order valence-electron chi connectivity index (χ3n) is 2.63. The molecule has 6 nitrogen and oxygen atoms in total. The predicted octanol–water partition coefficient (Wildman–Crippen LogP) is -0.124. The number of amides is 1. The first-order valence-corrected chi connectivity index (χ1v) is 5.51. The van der Waals surface area contributed by atoms with Crippen LogP contribution < -0.4 is 0 Å².